The van der Waals surface area contributed by atoms with Crippen LogP contribution in [0.25, 0.3) is 0 Å². The van der Waals surface area contributed by atoms with Gasteiger partial charge in [-0.25, -0.2) is 4.39 Å². The van der Waals surface area contributed by atoms with Crippen molar-refractivity contribution in [1.82, 2.24) is 0 Å². The van der Waals surface area contributed by atoms with Gasteiger partial charge >= 0.3 is 0 Å². The summed E-state index contributed by atoms with van der Waals surface area (Å²) in [7, 11) is 0. The molecule has 13 heavy (non-hydrogen) atoms. The van der Waals surface area contributed by atoms with E-state index in [1.807, 2.05) is 12.1 Å². The van der Waals surface area contributed by atoms with Gasteiger partial charge in [-0.3, -0.25) is 0 Å². The highest BCUT2D eigenvalue weighted by atomic mass is 79.9. The van der Waals surface area contributed by atoms with Gasteiger partial charge in [0.2, 0.25) is 0 Å². The van der Waals surface area contributed by atoms with Crippen LogP contribution >= 0.6 is 27.7 Å². The molecule has 0 radical (unpaired) electrons. The van der Waals surface area contributed by atoms with E-state index in [4.69, 9.17) is 0 Å². The van der Waals surface area contributed by atoms with Crippen molar-refractivity contribution in [2.24, 2.45) is 5.92 Å². The predicted octanol–water partition coefficient (Wildman–Crippen LogP) is 3.95. The summed E-state index contributed by atoms with van der Waals surface area (Å²) in [5.74, 6) is 1.41. The maximum absolute atomic E-state index is 13.1. The van der Waals surface area contributed by atoms with Crippen LogP contribution in [-0.4, -0.2) is 11.1 Å². The Balaban J connectivity index is 2.50. The highest BCUT2D eigenvalue weighted by Gasteiger charge is 2.04. The molecule has 0 amide bonds. The lowest BCUT2D eigenvalue weighted by Crippen LogP contribution is -1.98. The van der Waals surface area contributed by atoms with E-state index in [1.165, 1.54) is 6.07 Å². The van der Waals surface area contributed by atoms with E-state index < -0.39 is 0 Å². The van der Waals surface area contributed by atoms with Crippen LogP contribution in [0.2, 0.25) is 0 Å². The van der Waals surface area contributed by atoms with Crippen molar-refractivity contribution < 1.29 is 4.39 Å². The van der Waals surface area contributed by atoms with Crippen LogP contribution in [0.4, 0.5) is 4.39 Å². The number of rotatable bonds is 4. The molecule has 0 bridgehead atoms. The second kappa shape index (κ2) is 5.66. The first-order chi connectivity index (χ1) is 6.24. The molecule has 0 aromatic heterocycles. The average Bonchev–Trinajstić information content (AvgIpc) is 2.16. The molecule has 0 aliphatic heterocycles. The summed E-state index contributed by atoms with van der Waals surface area (Å²) in [6, 6.07) is 6.90. The van der Waals surface area contributed by atoms with E-state index in [0.717, 1.165) is 16.0 Å². The molecule has 72 valence electrons. The molecule has 1 aromatic carbocycles. The molecule has 0 saturated heterocycles. The summed E-state index contributed by atoms with van der Waals surface area (Å²) in [6.45, 7) is 2.14. The van der Waals surface area contributed by atoms with Crippen LogP contribution < -0.4 is 0 Å². The molecule has 0 spiro atoms. The lowest BCUT2D eigenvalue weighted by molar-refractivity contribution is 0.601. The van der Waals surface area contributed by atoms with Gasteiger partial charge in [-0.05, 0) is 18.1 Å². The Morgan fingerprint density at radius 3 is 2.77 bits per heavy atom. The van der Waals surface area contributed by atoms with Crippen molar-refractivity contribution in [3.63, 3.8) is 0 Å². The van der Waals surface area contributed by atoms with E-state index in [1.54, 1.807) is 17.8 Å². The number of alkyl halides is 1. The van der Waals surface area contributed by atoms with Gasteiger partial charge in [-0.2, -0.15) is 0 Å². The third-order valence-corrected chi connectivity index (χ3v) is 4.11. The zero-order valence-electron chi connectivity index (χ0n) is 7.47. The fraction of sp³-hybridized carbons (Fsp3) is 0.400. The third-order valence-electron chi connectivity index (χ3n) is 1.62. The molecule has 0 nitrogen and oxygen atoms in total. The van der Waals surface area contributed by atoms with Crippen molar-refractivity contribution >= 4 is 27.7 Å². The summed E-state index contributed by atoms with van der Waals surface area (Å²) in [6.07, 6.45) is 0. The minimum absolute atomic E-state index is 0.116. The molecule has 0 saturated carbocycles. The van der Waals surface area contributed by atoms with Gasteiger partial charge in [0.25, 0.3) is 0 Å². The number of thioether (sulfide) groups is 1. The van der Waals surface area contributed by atoms with Crippen molar-refractivity contribution in [3.05, 3.63) is 30.1 Å². The Morgan fingerprint density at radius 2 is 2.15 bits per heavy atom. The summed E-state index contributed by atoms with van der Waals surface area (Å²) >= 11 is 4.97. The normalized spacial score (nSPS) is 12.8. The zero-order chi connectivity index (χ0) is 9.68. The van der Waals surface area contributed by atoms with E-state index in [2.05, 4.69) is 22.9 Å². The molecule has 0 aliphatic rings. The monoisotopic (exact) mass is 262 g/mol. The fourth-order valence-electron chi connectivity index (χ4n) is 0.838. The molecule has 1 atom stereocenters. The largest absolute Gasteiger partial charge is 0.206 e. The summed E-state index contributed by atoms with van der Waals surface area (Å²) in [5.41, 5.74) is 0. The van der Waals surface area contributed by atoms with E-state index >= 15 is 0 Å². The van der Waals surface area contributed by atoms with Crippen molar-refractivity contribution in [3.8, 4) is 0 Å². The van der Waals surface area contributed by atoms with Crippen molar-refractivity contribution in [2.45, 2.75) is 11.8 Å². The fourth-order valence-corrected chi connectivity index (χ4v) is 2.33. The van der Waals surface area contributed by atoms with Crippen molar-refractivity contribution in [1.29, 1.82) is 0 Å². The van der Waals surface area contributed by atoms with Gasteiger partial charge in [0.05, 0.1) is 0 Å². The molecule has 1 aromatic rings. The van der Waals surface area contributed by atoms with Crippen LogP contribution in [0.1, 0.15) is 6.92 Å². The lowest BCUT2D eigenvalue weighted by Gasteiger charge is -2.06. The van der Waals surface area contributed by atoms with E-state index in [-0.39, 0.29) is 5.82 Å². The Labute approximate surface area is 91.0 Å². The molecule has 0 heterocycles. The number of halogens is 2. The van der Waals surface area contributed by atoms with Gasteiger partial charge < -0.3 is 0 Å². The molecule has 0 aliphatic carbocycles. The van der Waals surface area contributed by atoms with Crippen LogP contribution in [0, 0.1) is 11.7 Å². The first kappa shape index (κ1) is 11.1. The second-order valence-corrected chi connectivity index (χ2v) is 4.71. The number of hydrogen-bond donors (Lipinski definition) is 0. The van der Waals surface area contributed by atoms with Gasteiger partial charge in [-0.15, -0.1) is 11.8 Å². The van der Waals surface area contributed by atoms with Gasteiger partial charge in [0.15, 0.2) is 0 Å². The molecular weight excluding hydrogens is 251 g/mol. The molecule has 1 rings (SSSR count). The van der Waals surface area contributed by atoms with Crippen molar-refractivity contribution in [2.75, 3.05) is 11.1 Å². The first-order valence-electron chi connectivity index (χ1n) is 4.17. The maximum Gasteiger partial charge on any atom is 0.136 e. The molecular formula is C10H12BrFS. The van der Waals surface area contributed by atoms with E-state index in [9.17, 15) is 4.39 Å². The SMILES string of the molecule is CC(CBr)CSc1ccccc1F. The van der Waals surface area contributed by atoms with Gasteiger partial charge in [-0.1, -0.05) is 35.0 Å². The molecule has 1 unspecified atom stereocenters. The minimum Gasteiger partial charge on any atom is -0.206 e. The topological polar surface area (TPSA) is 0 Å². The maximum atomic E-state index is 13.1. The molecule has 3 heteroatoms. The smallest absolute Gasteiger partial charge is 0.136 e. The summed E-state index contributed by atoms with van der Waals surface area (Å²) in [4.78, 5) is 0.746. The Hall–Kier alpha value is -0.0200. The van der Waals surface area contributed by atoms with Crippen LogP contribution in [0.5, 0.6) is 0 Å². The van der Waals surface area contributed by atoms with Crippen LogP contribution in [-0.2, 0) is 0 Å². The quantitative estimate of drug-likeness (QED) is 0.585. The van der Waals surface area contributed by atoms with Crippen LogP contribution in [0.15, 0.2) is 29.2 Å². The highest BCUT2D eigenvalue weighted by molar-refractivity contribution is 9.09. The van der Waals surface area contributed by atoms with Gasteiger partial charge in [0.1, 0.15) is 5.82 Å². The third kappa shape index (κ3) is 3.69. The summed E-state index contributed by atoms with van der Waals surface area (Å²) < 4.78 is 13.1. The standard InChI is InChI=1S/C10H12BrFS/c1-8(6-11)7-13-10-5-3-2-4-9(10)12/h2-5,8H,6-7H2,1H3. The van der Waals surface area contributed by atoms with E-state index in [0.29, 0.717) is 5.92 Å². The molecule has 0 N–H and O–H groups in total. The number of hydrogen-bond acceptors (Lipinski definition) is 1. The lowest BCUT2D eigenvalue weighted by atomic mass is 10.3. The Kier molecular flexibility index (Phi) is 4.81. The molecule has 0 fully saturated rings. The highest BCUT2D eigenvalue weighted by Crippen LogP contribution is 2.23. The second-order valence-electron chi connectivity index (χ2n) is 3.00. The first-order valence-corrected chi connectivity index (χ1v) is 6.28. The predicted molar refractivity (Wildman–Crippen MR) is 60.1 cm³/mol. The average molecular weight is 263 g/mol. The Bertz CT molecular complexity index is 265. The summed E-state index contributed by atoms with van der Waals surface area (Å²) in [5, 5.41) is 0.967. The Morgan fingerprint density at radius 1 is 1.46 bits per heavy atom. The minimum atomic E-state index is -0.116. The number of benzene rings is 1. The van der Waals surface area contributed by atoms with Gasteiger partial charge in [0, 0.05) is 16.0 Å². The van der Waals surface area contributed by atoms with Crippen LogP contribution in [0.3, 0.4) is 0 Å². The zero-order valence-corrected chi connectivity index (χ0v) is 9.87.